The minimum atomic E-state index is -0.577. The van der Waals surface area contributed by atoms with E-state index in [1.165, 1.54) is 0 Å². The fraction of sp³-hybridized carbons (Fsp3) is 0.250. The Bertz CT molecular complexity index is 795. The Kier molecular flexibility index (Phi) is 7.09. The highest BCUT2D eigenvalue weighted by molar-refractivity contribution is 9.10. The van der Waals surface area contributed by atoms with Crippen molar-refractivity contribution in [3.05, 3.63) is 63.6 Å². The maximum Gasteiger partial charge on any atom is 0.306 e. The van der Waals surface area contributed by atoms with Crippen LogP contribution in [0.2, 0.25) is 0 Å². The van der Waals surface area contributed by atoms with E-state index in [1.807, 2.05) is 32.0 Å². The number of ketones is 1. The Balaban J connectivity index is 1.77. The van der Waals surface area contributed by atoms with Crippen molar-refractivity contribution in [2.45, 2.75) is 26.7 Å². The molecule has 0 unspecified atom stereocenters. The second-order valence-corrected chi connectivity index (χ2v) is 6.82. The molecule has 0 aliphatic heterocycles. The van der Waals surface area contributed by atoms with Crippen LogP contribution in [0.1, 0.15) is 34.3 Å². The number of carbonyl (C=O) groups is 3. The molecule has 0 saturated carbocycles. The van der Waals surface area contributed by atoms with Gasteiger partial charge in [-0.3, -0.25) is 14.4 Å². The molecule has 136 valence electrons. The van der Waals surface area contributed by atoms with E-state index in [0.717, 1.165) is 21.3 Å². The van der Waals surface area contributed by atoms with Crippen LogP contribution in [0.5, 0.6) is 0 Å². The van der Waals surface area contributed by atoms with E-state index in [4.69, 9.17) is 4.74 Å². The Morgan fingerprint density at radius 3 is 2.19 bits per heavy atom. The molecule has 0 spiro atoms. The van der Waals surface area contributed by atoms with Crippen LogP contribution in [0.3, 0.4) is 0 Å². The maximum atomic E-state index is 12.0. The van der Waals surface area contributed by atoms with Crippen LogP contribution < -0.4 is 5.32 Å². The second kappa shape index (κ2) is 9.29. The molecule has 0 radical (unpaired) electrons. The van der Waals surface area contributed by atoms with Gasteiger partial charge in [0.05, 0.1) is 6.42 Å². The summed E-state index contributed by atoms with van der Waals surface area (Å²) >= 11 is 3.29. The highest BCUT2D eigenvalue weighted by Crippen LogP contribution is 2.19. The van der Waals surface area contributed by atoms with E-state index in [2.05, 4.69) is 21.2 Å². The maximum absolute atomic E-state index is 12.0. The van der Waals surface area contributed by atoms with Gasteiger partial charge in [-0.1, -0.05) is 46.3 Å². The molecule has 0 atom stereocenters. The van der Waals surface area contributed by atoms with E-state index in [1.54, 1.807) is 24.3 Å². The zero-order valence-electron chi connectivity index (χ0n) is 14.7. The monoisotopic (exact) mass is 417 g/mol. The van der Waals surface area contributed by atoms with Gasteiger partial charge >= 0.3 is 5.97 Å². The molecule has 0 aromatic heterocycles. The van der Waals surface area contributed by atoms with Gasteiger partial charge in [0.25, 0.3) is 0 Å². The molecular formula is C20H20BrNO4. The van der Waals surface area contributed by atoms with Crippen LogP contribution in [0, 0.1) is 13.8 Å². The molecule has 0 aliphatic rings. The van der Waals surface area contributed by atoms with E-state index in [-0.39, 0.29) is 31.1 Å². The third-order valence-corrected chi connectivity index (χ3v) is 4.36. The summed E-state index contributed by atoms with van der Waals surface area (Å²) in [6.07, 6.45) is -0.0799. The molecular weight excluding hydrogens is 398 g/mol. The van der Waals surface area contributed by atoms with Gasteiger partial charge in [0.2, 0.25) is 5.91 Å². The smallest absolute Gasteiger partial charge is 0.306 e. The molecule has 0 bridgehead atoms. The summed E-state index contributed by atoms with van der Waals surface area (Å²) in [5, 5.41) is 2.81. The van der Waals surface area contributed by atoms with Gasteiger partial charge in [0.1, 0.15) is 0 Å². The number of carbonyl (C=O) groups excluding carboxylic acids is 3. The standard InChI is InChI=1S/C20H20BrNO4/c1-13-4-3-5-14(2)20(13)22-18(24)10-11-19(25)26-12-17(23)15-6-8-16(21)9-7-15/h3-9H,10-12H2,1-2H3,(H,22,24). The van der Waals surface area contributed by atoms with Crippen LogP contribution in [-0.4, -0.2) is 24.3 Å². The van der Waals surface area contributed by atoms with Gasteiger partial charge < -0.3 is 10.1 Å². The number of esters is 1. The number of hydrogen-bond donors (Lipinski definition) is 1. The second-order valence-electron chi connectivity index (χ2n) is 5.91. The first-order chi connectivity index (χ1) is 12.4. The van der Waals surface area contributed by atoms with Crippen LogP contribution in [0.25, 0.3) is 0 Å². The highest BCUT2D eigenvalue weighted by Gasteiger charge is 2.13. The lowest BCUT2D eigenvalue weighted by molar-refractivity contribution is -0.143. The summed E-state index contributed by atoms with van der Waals surface area (Å²) in [7, 11) is 0. The van der Waals surface area contributed by atoms with Crippen molar-refractivity contribution in [3.8, 4) is 0 Å². The largest absolute Gasteiger partial charge is 0.457 e. The third-order valence-electron chi connectivity index (χ3n) is 3.83. The van der Waals surface area contributed by atoms with Crippen molar-refractivity contribution < 1.29 is 19.1 Å². The minimum Gasteiger partial charge on any atom is -0.457 e. The first-order valence-corrected chi connectivity index (χ1v) is 8.96. The van der Waals surface area contributed by atoms with Crippen molar-refractivity contribution in [1.82, 2.24) is 0 Å². The molecule has 5 nitrogen and oxygen atoms in total. The normalized spacial score (nSPS) is 10.3. The fourth-order valence-electron chi connectivity index (χ4n) is 2.37. The molecule has 0 aliphatic carbocycles. The lowest BCUT2D eigenvalue weighted by atomic mass is 10.1. The Morgan fingerprint density at radius 1 is 0.962 bits per heavy atom. The summed E-state index contributed by atoms with van der Waals surface area (Å²) in [5.74, 6) is -1.13. The van der Waals surface area contributed by atoms with Gasteiger partial charge in [-0.2, -0.15) is 0 Å². The Labute approximate surface area is 160 Å². The predicted octanol–water partition coefficient (Wildman–Crippen LogP) is 4.21. The topological polar surface area (TPSA) is 72.5 Å². The molecule has 0 heterocycles. The first kappa shape index (κ1) is 19.8. The van der Waals surface area contributed by atoms with Crippen molar-refractivity contribution in [2.75, 3.05) is 11.9 Å². The number of amides is 1. The van der Waals surface area contributed by atoms with Crippen LogP contribution >= 0.6 is 15.9 Å². The van der Waals surface area contributed by atoms with Gasteiger partial charge in [0, 0.05) is 22.1 Å². The number of hydrogen-bond acceptors (Lipinski definition) is 4. The van der Waals surface area contributed by atoms with Gasteiger partial charge in [-0.05, 0) is 37.1 Å². The zero-order valence-corrected chi connectivity index (χ0v) is 16.3. The third kappa shape index (κ3) is 5.81. The lowest BCUT2D eigenvalue weighted by Gasteiger charge is -2.11. The molecule has 2 rings (SSSR count). The number of rotatable bonds is 7. The van der Waals surface area contributed by atoms with E-state index < -0.39 is 5.97 Å². The lowest BCUT2D eigenvalue weighted by Crippen LogP contribution is -2.18. The summed E-state index contributed by atoms with van der Waals surface area (Å²) in [6, 6.07) is 12.5. The fourth-order valence-corrected chi connectivity index (χ4v) is 2.63. The molecule has 2 aromatic rings. The average molecular weight is 418 g/mol. The average Bonchev–Trinajstić information content (AvgIpc) is 2.61. The molecule has 1 amide bonds. The molecule has 1 N–H and O–H groups in total. The van der Waals surface area contributed by atoms with Crippen LogP contribution in [-0.2, 0) is 14.3 Å². The predicted molar refractivity (Wildman–Crippen MR) is 103 cm³/mol. The Hall–Kier alpha value is -2.47. The number of ether oxygens (including phenoxy) is 1. The quantitative estimate of drug-likeness (QED) is 0.540. The van der Waals surface area contributed by atoms with Crippen molar-refractivity contribution >= 4 is 39.3 Å². The van der Waals surface area contributed by atoms with Crippen molar-refractivity contribution in [2.24, 2.45) is 0 Å². The number of halogens is 1. The molecule has 0 fully saturated rings. The number of aryl methyl sites for hydroxylation is 2. The van der Waals surface area contributed by atoms with E-state index in [9.17, 15) is 14.4 Å². The van der Waals surface area contributed by atoms with Crippen LogP contribution in [0.15, 0.2) is 46.9 Å². The van der Waals surface area contributed by atoms with Gasteiger partial charge in [-0.25, -0.2) is 0 Å². The van der Waals surface area contributed by atoms with Crippen molar-refractivity contribution in [3.63, 3.8) is 0 Å². The summed E-state index contributed by atoms with van der Waals surface area (Å²) in [4.78, 5) is 35.7. The summed E-state index contributed by atoms with van der Waals surface area (Å²) < 4.78 is 5.82. The molecule has 26 heavy (non-hydrogen) atoms. The highest BCUT2D eigenvalue weighted by atomic mass is 79.9. The number of nitrogens with one attached hydrogen (secondary N) is 1. The zero-order chi connectivity index (χ0) is 19.1. The number of para-hydroxylation sites is 1. The SMILES string of the molecule is Cc1cccc(C)c1NC(=O)CCC(=O)OCC(=O)c1ccc(Br)cc1. The molecule has 6 heteroatoms. The number of Topliss-reactive ketones (excluding diaryl/α,β-unsaturated/α-hetero) is 1. The number of anilines is 1. The first-order valence-electron chi connectivity index (χ1n) is 8.17. The van der Waals surface area contributed by atoms with Crippen LogP contribution in [0.4, 0.5) is 5.69 Å². The van der Waals surface area contributed by atoms with Gasteiger partial charge in [-0.15, -0.1) is 0 Å². The van der Waals surface area contributed by atoms with E-state index in [0.29, 0.717) is 5.56 Å². The van der Waals surface area contributed by atoms with E-state index >= 15 is 0 Å². The summed E-state index contributed by atoms with van der Waals surface area (Å²) in [5.41, 5.74) is 3.15. The number of benzene rings is 2. The summed E-state index contributed by atoms with van der Waals surface area (Å²) in [6.45, 7) is 3.48. The Morgan fingerprint density at radius 2 is 1.58 bits per heavy atom. The van der Waals surface area contributed by atoms with Crippen molar-refractivity contribution in [1.29, 1.82) is 0 Å². The molecule has 2 aromatic carbocycles. The molecule has 0 saturated heterocycles. The van der Waals surface area contributed by atoms with Gasteiger partial charge in [0.15, 0.2) is 12.4 Å². The minimum absolute atomic E-state index is 0.000911.